The Labute approximate surface area is 89.3 Å². The highest BCUT2D eigenvalue weighted by Crippen LogP contribution is 2.13. The van der Waals surface area contributed by atoms with Crippen molar-refractivity contribution < 1.29 is 9.50 Å². The molecule has 1 aromatic carbocycles. The summed E-state index contributed by atoms with van der Waals surface area (Å²) in [5.74, 6) is -0.299. The van der Waals surface area contributed by atoms with Crippen LogP contribution >= 0.6 is 0 Å². The molecule has 0 bridgehead atoms. The van der Waals surface area contributed by atoms with Gasteiger partial charge in [0.2, 0.25) is 0 Å². The maximum absolute atomic E-state index is 13.4. The van der Waals surface area contributed by atoms with Gasteiger partial charge >= 0.3 is 0 Å². The monoisotopic (exact) mass is 212 g/mol. The van der Waals surface area contributed by atoms with Crippen LogP contribution in [0.4, 0.5) is 10.1 Å². The van der Waals surface area contributed by atoms with Crippen molar-refractivity contribution in [2.75, 3.05) is 19.3 Å². The normalized spacial score (nSPS) is 13.1. The van der Waals surface area contributed by atoms with Crippen LogP contribution in [0.1, 0.15) is 12.5 Å². The number of aliphatic hydroxyl groups excluding tert-OH is 1. The Morgan fingerprint density at radius 2 is 2.20 bits per heavy atom. The van der Waals surface area contributed by atoms with Crippen LogP contribution in [0.3, 0.4) is 0 Å². The number of aliphatic hydroxyl groups is 1. The summed E-state index contributed by atoms with van der Waals surface area (Å²) in [5.41, 5.74) is 6.46. The second-order valence-corrected chi connectivity index (χ2v) is 3.90. The Hall–Kier alpha value is -1.13. The fourth-order valence-electron chi connectivity index (χ4n) is 1.50. The van der Waals surface area contributed by atoms with E-state index in [4.69, 9.17) is 10.8 Å². The van der Waals surface area contributed by atoms with Crippen LogP contribution < -0.4 is 5.73 Å². The van der Waals surface area contributed by atoms with Gasteiger partial charge in [-0.25, -0.2) is 4.39 Å². The SMILES string of the molecule is CC(O)CN(C)Cc1ccc(N)cc1F. The minimum atomic E-state index is -0.410. The first-order valence-electron chi connectivity index (χ1n) is 4.89. The minimum absolute atomic E-state index is 0.299. The number of halogens is 1. The molecule has 1 unspecified atom stereocenters. The lowest BCUT2D eigenvalue weighted by atomic mass is 10.2. The van der Waals surface area contributed by atoms with Crippen LogP contribution in [-0.4, -0.2) is 29.7 Å². The number of benzene rings is 1. The molecule has 15 heavy (non-hydrogen) atoms. The summed E-state index contributed by atoms with van der Waals surface area (Å²) >= 11 is 0. The maximum Gasteiger partial charge on any atom is 0.129 e. The van der Waals surface area contributed by atoms with Crippen LogP contribution in [0.2, 0.25) is 0 Å². The van der Waals surface area contributed by atoms with E-state index in [0.29, 0.717) is 24.3 Å². The molecule has 0 saturated heterocycles. The molecule has 0 heterocycles. The molecule has 84 valence electrons. The van der Waals surface area contributed by atoms with E-state index in [1.165, 1.54) is 6.07 Å². The van der Waals surface area contributed by atoms with E-state index < -0.39 is 6.10 Å². The summed E-state index contributed by atoms with van der Waals surface area (Å²) in [4.78, 5) is 1.86. The van der Waals surface area contributed by atoms with E-state index in [9.17, 15) is 4.39 Å². The lowest BCUT2D eigenvalue weighted by Crippen LogP contribution is -2.27. The average molecular weight is 212 g/mol. The summed E-state index contributed by atoms with van der Waals surface area (Å²) in [5, 5.41) is 9.16. The van der Waals surface area contributed by atoms with E-state index in [2.05, 4.69) is 0 Å². The zero-order valence-corrected chi connectivity index (χ0v) is 9.07. The molecule has 0 aliphatic heterocycles. The van der Waals surface area contributed by atoms with Crippen molar-refractivity contribution in [3.8, 4) is 0 Å². The number of likely N-dealkylation sites (N-methyl/N-ethyl adjacent to an activating group) is 1. The van der Waals surface area contributed by atoms with Gasteiger partial charge in [0.05, 0.1) is 6.10 Å². The molecule has 0 aromatic heterocycles. The third kappa shape index (κ3) is 3.85. The molecule has 0 saturated carbocycles. The molecule has 3 N–H and O–H groups in total. The number of hydrogen-bond acceptors (Lipinski definition) is 3. The zero-order valence-electron chi connectivity index (χ0n) is 9.07. The fourth-order valence-corrected chi connectivity index (χ4v) is 1.50. The van der Waals surface area contributed by atoms with Crippen molar-refractivity contribution in [3.05, 3.63) is 29.6 Å². The third-order valence-electron chi connectivity index (χ3n) is 2.09. The van der Waals surface area contributed by atoms with Crippen molar-refractivity contribution in [2.24, 2.45) is 0 Å². The van der Waals surface area contributed by atoms with E-state index in [1.54, 1.807) is 19.1 Å². The molecule has 0 aliphatic rings. The standard InChI is InChI=1S/C11H17FN2O/c1-8(15)6-14(2)7-9-3-4-10(13)5-11(9)12/h3-5,8,15H,6-7,13H2,1-2H3. The Morgan fingerprint density at radius 1 is 1.53 bits per heavy atom. The van der Waals surface area contributed by atoms with E-state index in [-0.39, 0.29) is 5.82 Å². The predicted octanol–water partition coefficient (Wildman–Crippen LogP) is 1.22. The summed E-state index contributed by atoms with van der Waals surface area (Å²) in [6, 6.07) is 4.66. The number of hydrogen-bond donors (Lipinski definition) is 2. The highest BCUT2D eigenvalue weighted by atomic mass is 19.1. The van der Waals surface area contributed by atoms with E-state index in [1.807, 2.05) is 11.9 Å². The number of nitrogens with two attached hydrogens (primary N) is 1. The van der Waals surface area contributed by atoms with Gasteiger partial charge in [0, 0.05) is 24.3 Å². The second-order valence-electron chi connectivity index (χ2n) is 3.90. The second kappa shape index (κ2) is 5.09. The summed E-state index contributed by atoms with van der Waals surface area (Å²) in [6.45, 7) is 2.69. The van der Waals surface area contributed by atoms with Crippen LogP contribution in [0, 0.1) is 5.82 Å². The highest BCUT2D eigenvalue weighted by Gasteiger charge is 2.07. The van der Waals surface area contributed by atoms with Gasteiger partial charge in [-0.2, -0.15) is 0 Å². The molecule has 0 amide bonds. The molecular formula is C11H17FN2O. The van der Waals surface area contributed by atoms with Crippen molar-refractivity contribution in [3.63, 3.8) is 0 Å². The lowest BCUT2D eigenvalue weighted by molar-refractivity contribution is 0.138. The molecule has 0 radical (unpaired) electrons. The summed E-state index contributed by atoms with van der Waals surface area (Å²) in [7, 11) is 1.84. The zero-order chi connectivity index (χ0) is 11.4. The molecule has 4 heteroatoms. The predicted molar refractivity (Wildman–Crippen MR) is 58.8 cm³/mol. The van der Waals surface area contributed by atoms with Crippen molar-refractivity contribution in [1.82, 2.24) is 4.90 Å². The Bertz CT molecular complexity index is 328. The smallest absolute Gasteiger partial charge is 0.129 e. The van der Waals surface area contributed by atoms with Gasteiger partial charge in [0.15, 0.2) is 0 Å². The largest absolute Gasteiger partial charge is 0.399 e. The van der Waals surface area contributed by atoms with Gasteiger partial charge in [-0.3, -0.25) is 4.90 Å². The highest BCUT2D eigenvalue weighted by molar-refractivity contribution is 5.40. The van der Waals surface area contributed by atoms with Gasteiger partial charge in [0.25, 0.3) is 0 Å². The van der Waals surface area contributed by atoms with Gasteiger partial charge in [-0.1, -0.05) is 6.07 Å². The fraction of sp³-hybridized carbons (Fsp3) is 0.455. The molecule has 0 aliphatic carbocycles. The number of rotatable bonds is 4. The molecule has 1 rings (SSSR count). The van der Waals surface area contributed by atoms with Crippen LogP contribution in [0.15, 0.2) is 18.2 Å². The molecule has 3 nitrogen and oxygen atoms in total. The van der Waals surface area contributed by atoms with Crippen LogP contribution in [0.5, 0.6) is 0 Å². The molecule has 1 atom stereocenters. The Kier molecular flexibility index (Phi) is 4.05. The molecular weight excluding hydrogens is 195 g/mol. The van der Waals surface area contributed by atoms with E-state index >= 15 is 0 Å². The average Bonchev–Trinajstić information content (AvgIpc) is 2.08. The summed E-state index contributed by atoms with van der Waals surface area (Å²) < 4.78 is 13.4. The maximum atomic E-state index is 13.4. The molecule has 1 aromatic rings. The third-order valence-corrected chi connectivity index (χ3v) is 2.09. The molecule has 0 fully saturated rings. The van der Waals surface area contributed by atoms with Gasteiger partial charge in [0.1, 0.15) is 5.82 Å². The minimum Gasteiger partial charge on any atom is -0.399 e. The lowest BCUT2D eigenvalue weighted by Gasteiger charge is -2.18. The topological polar surface area (TPSA) is 49.5 Å². The first-order valence-corrected chi connectivity index (χ1v) is 4.89. The molecule has 0 spiro atoms. The number of nitrogen functional groups attached to an aromatic ring is 1. The number of anilines is 1. The first-order chi connectivity index (χ1) is 6.99. The Balaban J connectivity index is 2.64. The quantitative estimate of drug-likeness (QED) is 0.738. The van der Waals surface area contributed by atoms with Crippen molar-refractivity contribution in [2.45, 2.75) is 19.6 Å². The van der Waals surface area contributed by atoms with Gasteiger partial charge < -0.3 is 10.8 Å². The van der Waals surface area contributed by atoms with Crippen LogP contribution in [-0.2, 0) is 6.54 Å². The van der Waals surface area contributed by atoms with Crippen molar-refractivity contribution in [1.29, 1.82) is 0 Å². The Morgan fingerprint density at radius 3 is 2.73 bits per heavy atom. The van der Waals surface area contributed by atoms with E-state index in [0.717, 1.165) is 0 Å². The van der Waals surface area contributed by atoms with Gasteiger partial charge in [-0.15, -0.1) is 0 Å². The van der Waals surface area contributed by atoms with Crippen molar-refractivity contribution >= 4 is 5.69 Å². The first kappa shape index (κ1) is 11.9. The van der Waals surface area contributed by atoms with Crippen LogP contribution in [0.25, 0.3) is 0 Å². The van der Waals surface area contributed by atoms with Gasteiger partial charge in [-0.05, 0) is 26.1 Å². The summed E-state index contributed by atoms with van der Waals surface area (Å²) in [6.07, 6.45) is -0.410. The number of nitrogens with zero attached hydrogens (tertiary/aromatic N) is 1.